The zero-order valence-corrected chi connectivity index (χ0v) is 19.8. The molecule has 1 amide bonds. The molecule has 178 valence electrons. The summed E-state index contributed by atoms with van der Waals surface area (Å²) in [7, 11) is 1.17. The van der Waals surface area contributed by atoms with Gasteiger partial charge in [0.15, 0.2) is 5.82 Å². The fraction of sp³-hybridized carbons (Fsp3) is 0.286. The van der Waals surface area contributed by atoms with Gasteiger partial charge in [-0.15, -0.1) is 5.10 Å². The van der Waals surface area contributed by atoms with Crippen LogP contribution in [0.3, 0.4) is 0 Å². The van der Waals surface area contributed by atoms with Crippen molar-refractivity contribution in [1.29, 1.82) is 0 Å². The predicted octanol–water partition coefficient (Wildman–Crippen LogP) is 1.82. The van der Waals surface area contributed by atoms with Crippen LogP contribution in [-0.2, 0) is 28.3 Å². The largest absolute Gasteiger partial charge is 0.331 e. The molecule has 0 spiro atoms. The molecule has 34 heavy (non-hydrogen) atoms. The summed E-state index contributed by atoms with van der Waals surface area (Å²) in [4.78, 5) is 17.2. The van der Waals surface area contributed by atoms with Crippen LogP contribution in [0, 0.1) is 12.7 Å². The normalized spacial score (nSPS) is 11.9. The Morgan fingerprint density at radius 2 is 1.94 bits per heavy atom. The van der Waals surface area contributed by atoms with Crippen LogP contribution in [0.15, 0.2) is 41.3 Å². The van der Waals surface area contributed by atoms with Crippen LogP contribution in [0.25, 0.3) is 16.7 Å². The monoisotopic (exact) mass is 486 g/mol. The number of rotatable bonds is 7. The number of anilines is 1. The molecule has 0 radical (unpaired) electrons. The molecule has 0 aliphatic rings. The Bertz CT molecular complexity index is 1490. The third-order valence-corrected chi connectivity index (χ3v) is 7.19. The molecule has 0 saturated carbocycles. The van der Waals surface area contributed by atoms with E-state index in [1.54, 1.807) is 13.0 Å². The summed E-state index contributed by atoms with van der Waals surface area (Å²) in [6.07, 6.45) is 0.448. The first-order valence-corrected chi connectivity index (χ1v) is 11.7. The number of amides is 1. The SMILES string of the molecule is Cc1nnnn1-c1cc(NC(=O)CCc2nc3cc(S(=O)(=O)N(C)C)ccc3n2C)ccc1F. The van der Waals surface area contributed by atoms with Crippen molar-refractivity contribution >= 4 is 32.7 Å². The standard InChI is InChI=1S/C21H23FN8O3S/c1-13-25-26-27-30(13)19-11-14(5-7-16(19)22)23-21(31)10-9-20-24-17-12-15(34(32,33)28(2)3)6-8-18(17)29(20)4/h5-8,11-12H,9-10H2,1-4H3,(H,23,31). The molecule has 0 aliphatic heterocycles. The van der Waals surface area contributed by atoms with Gasteiger partial charge in [0, 0.05) is 39.7 Å². The van der Waals surface area contributed by atoms with Crippen LogP contribution in [0.1, 0.15) is 18.1 Å². The Hall–Kier alpha value is -3.71. The van der Waals surface area contributed by atoms with Gasteiger partial charge < -0.3 is 9.88 Å². The molecule has 2 heterocycles. The van der Waals surface area contributed by atoms with E-state index in [1.807, 2.05) is 11.6 Å². The van der Waals surface area contributed by atoms with Gasteiger partial charge in [0.1, 0.15) is 17.3 Å². The van der Waals surface area contributed by atoms with Crippen molar-refractivity contribution in [2.24, 2.45) is 7.05 Å². The number of sulfonamides is 1. The number of benzene rings is 2. The average Bonchev–Trinajstić information content (AvgIpc) is 3.36. The van der Waals surface area contributed by atoms with Gasteiger partial charge in [0.05, 0.1) is 15.9 Å². The number of aryl methyl sites for hydroxylation is 3. The summed E-state index contributed by atoms with van der Waals surface area (Å²) in [5.74, 6) is 0.233. The topological polar surface area (TPSA) is 128 Å². The molecule has 0 aliphatic carbocycles. The number of fused-ring (bicyclic) bond motifs is 1. The molecular weight excluding hydrogens is 463 g/mol. The zero-order chi connectivity index (χ0) is 24.6. The van der Waals surface area contributed by atoms with Crippen molar-refractivity contribution in [2.75, 3.05) is 19.4 Å². The van der Waals surface area contributed by atoms with Crippen LogP contribution in [0.5, 0.6) is 0 Å². The van der Waals surface area contributed by atoms with E-state index in [2.05, 4.69) is 25.8 Å². The summed E-state index contributed by atoms with van der Waals surface area (Å²) in [6.45, 7) is 1.64. The van der Waals surface area contributed by atoms with E-state index in [0.29, 0.717) is 29.3 Å². The van der Waals surface area contributed by atoms with Crippen molar-refractivity contribution in [3.05, 3.63) is 53.9 Å². The number of carbonyl (C=O) groups excluding carboxylic acids is 1. The predicted molar refractivity (Wildman–Crippen MR) is 122 cm³/mol. The summed E-state index contributed by atoms with van der Waals surface area (Å²) < 4.78 is 43.2. The minimum atomic E-state index is -3.58. The molecule has 4 rings (SSSR count). The Morgan fingerprint density at radius 3 is 2.62 bits per heavy atom. The summed E-state index contributed by atoms with van der Waals surface area (Å²) in [5.41, 5.74) is 1.81. The quantitative estimate of drug-likeness (QED) is 0.422. The number of nitrogens with one attached hydrogen (secondary N) is 1. The molecule has 1 N–H and O–H groups in total. The summed E-state index contributed by atoms with van der Waals surface area (Å²) in [6, 6.07) is 8.90. The van der Waals surface area contributed by atoms with Crippen molar-refractivity contribution < 1.29 is 17.6 Å². The van der Waals surface area contributed by atoms with Crippen LogP contribution < -0.4 is 5.32 Å². The minimum Gasteiger partial charge on any atom is -0.331 e. The second-order valence-corrected chi connectivity index (χ2v) is 10.0. The Labute approximate surface area is 195 Å². The van der Waals surface area contributed by atoms with Crippen LogP contribution >= 0.6 is 0 Å². The highest BCUT2D eigenvalue weighted by Crippen LogP contribution is 2.22. The van der Waals surface area contributed by atoms with Crippen molar-refractivity contribution in [3.63, 3.8) is 0 Å². The summed E-state index contributed by atoms with van der Waals surface area (Å²) in [5, 5.41) is 13.8. The van der Waals surface area contributed by atoms with Crippen LogP contribution in [0.2, 0.25) is 0 Å². The fourth-order valence-corrected chi connectivity index (χ4v) is 4.40. The highest BCUT2D eigenvalue weighted by Gasteiger charge is 2.19. The van der Waals surface area contributed by atoms with Gasteiger partial charge in [-0.3, -0.25) is 4.79 Å². The molecular formula is C21H23FN8O3S. The lowest BCUT2D eigenvalue weighted by molar-refractivity contribution is -0.116. The highest BCUT2D eigenvalue weighted by molar-refractivity contribution is 7.89. The van der Waals surface area contributed by atoms with Gasteiger partial charge in [-0.2, -0.15) is 4.68 Å². The third-order valence-electron chi connectivity index (χ3n) is 5.38. The smallest absolute Gasteiger partial charge is 0.242 e. The number of hydrogen-bond acceptors (Lipinski definition) is 7. The van der Waals surface area contributed by atoms with E-state index >= 15 is 0 Å². The van der Waals surface area contributed by atoms with Gasteiger partial charge in [-0.1, -0.05) is 0 Å². The van der Waals surface area contributed by atoms with Crippen LogP contribution in [-0.4, -0.2) is 62.5 Å². The van der Waals surface area contributed by atoms with Crippen LogP contribution in [0.4, 0.5) is 10.1 Å². The second kappa shape index (κ2) is 8.91. The third kappa shape index (κ3) is 4.39. The molecule has 11 nitrogen and oxygen atoms in total. The summed E-state index contributed by atoms with van der Waals surface area (Å²) >= 11 is 0. The Kier molecular flexibility index (Phi) is 6.15. The lowest BCUT2D eigenvalue weighted by atomic mass is 10.2. The molecule has 0 fully saturated rings. The van der Waals surface area contributed by atoms with E-state index in [1.165, 1.54) is 49.1 Å². The van der Waals surface area contributed by atoms with E-state index in [0.717, 1.165) is 9.82 Å². The van der Waals surface area contributed by atoms with Gasteiger partial charge >= 0.3 is 0 Å². The van der Waals surface area contributed by atoms with Crippen molar-refractivity contribution in [1.82, 2.24) is 34.1 Å². The van der Waals surface area contributed by atoms with E-state index < -0.39 is 15.8 Å². The number of hydrogen-bond donors (Lipinski definition) is 1. The molecule has 13 heteroatoms. The maximum atomic E-state index is 14.2. The molecule has 2 aromatic heterocycles. The first-order chi connectivity index (χ1) is 16.1. The number of aromatic nitrogens is 6. The maximum Gasteiger partial charge on any atom is 0.242 e. The maximum absolute atomic E-state index is 14.2. The van der Waals surface area contributed by atoms with E-state index in [4.69, 9.17) is 0 Å². The van der Waals surface area contributed by atoms with Gasteiger partial charge in [0.2, 0.25) is 15.9 Å². The molecule has 0 bridgehead atoms. The Morgan fingerprint density at radius 1 is 1.18 bits per heavy atom. The van der Waals surface area contributed by atoms with Crippen molar-refractivity contribution in [2.45, 2.75) is 24.7 Å². The zero-order valence-electron chi connectivity index (χ0n) is 19.0. The van der Waals surface area contributed by atoms with Gasteiger partial charge in [-0.05, 0) is 53.7 Å². The number of imidazole rings is 1. The molecule has 0 unspecified atom stereocenters. The number of halogens is 1. The number of carbonyl (C=O) groups is 1. The molecule has 0 saturated heterocycles. The van der Waals surface area contributed by atoms with Crippen molar-refractivity contribution in [3.8, 4) is 5.69 Å². The lowest BCUT2D eigenvalue weighted by Gasteiger charge is -2.11. The number of tetrazole rings is 1. The highest BCUT2D eigenvalue weighted by atomic mass is 32.2. The average molecular weight is 487 g/mol. The second-order valence-electron chi connectivity index (χ2n) is 7.88. The molecule has 4 aromatic rings. The van der Waals surface area contributed by atoms with E-state index in [-0.39, 0.29) is 22.9 Å². The van der Waals surface area contributed by atoms with Gasteiger partial charge in [-0.25, -0.2) is 22.1 Å². The molecule has 2 aromatic carbocycles. The first kappa shape index (κ1) is 23.4. The Balaban J connectivity index is 1.49. The van der Waals surface area contributed by atoms with Gasteiger partial charge in [0.25, 0.3) is 0 Å². The minimum absolute atomic E-state index is 0.122. The first-order valence-electron chi connectivity index (χ1n) is 10.3. The van der Waals surface area contributed by atoms with E-state index in [9.17, 15) is 17.6 Å². The number of nitrogens with zero attached hydrogens (tertiary/aromatic N) is 7. The molecule has 0 atom stereocenters. The lowest BCUT2D eigenvalue weighted by Crippen LogP contribution is -2.22. The fourth-order valence-electron chi connectivity index (χ4n) is 3.48.